The van der Waals surface area contributed by atoms with Crippen molar-refractivity contribution < 1.29 is 16.8 Å². The van der Waals surface area contributed by atoms with Crippen molar-refractivity contribution in [3.8, 4) is 0 Å². The monoisotopic (exact) mass is 363 g/mol. The predicted molar refractivity (Wildman–Crippen MR) is 82.3 cm³/mol. The van der Waals surface area contributed by atoms with Crippen LogP contribution in [0, 0.1) is 0 Å². The fraction of sp³-hybridized carbons (Fsp3) is 0.500. The molecule has 0 fully saturated rings. The molecule has 2 unspecified atom stereocenters. The Balaban J connectivity index is 2.71. The van der Waals surface area contributed by atoms with Crippen LogP contribution < -0.4 is 16.0 Å². The Morgan fingerprint density at radius 3 is 2.43 bits per heavy atom. The third-order valence-corrected chi connectivity index (χ3v) is 6.73. The van der Waals surface area contributed by atoms with E-state index in [9.17, 15) is 16.8 Å². The number of allylic oxidation sites excluding steroid dienone is 2. The normalized spacial score (nSPS) is 25.3. The standard InChI is InChI=1S/C10H17N7O4S2/c11-6-2-5-10(23(13,20)21)4-1-3-7(8(10)22(12,18)19)9-14-16-17-15-9/h1,3-4,8H,2,5-6,11H2,(H2,12,18,19)(H2,13,20,21)(H,14,15,16,17). The molecule has 1 heterocycles. The van der Waals surface area contributed by atoms with E-state index in [1.54, 1.807) is 0 Å². The lowest BCUT2D eigenvalue weighted by atomic mass is 9.88. The second-order valence-electron chi connectivity index (χ2n) is 5.08. The van der Waals surface area contributed by atoms with Crippen LogP contribution in [0.2, 0.25) is 0 Å². The van der Waals surface area contributed by atoms with Crippen molar-refractivity contribution in [2.75, 3.05) is 6.54 Å². The van der Waals surface area contributed by atoms with Gasteiger partial charge in [0.15, 0.2) is 0 Å². The van der Waals surface area contributed by atoms with E-state index in [-0.39, 0.29) is 30.8 Å². The fourth-order valence-electron chi connectivity index (χ4n) is 2.66. The molecule has 1 aliphatic carbocycles. The minimum Gasteiger partial charge on any atom is -0.330 e. The number of hydrogen-bond donors (Lipinski definition) is 4. The molecule has 2 atom stereocenters. The number of primary sulfonamides is 2. The van der Waals surface area contributed by atoms with E-state index >= 15 is 0 Å². The maximum atomic E-state index is 12.3. The van der Waals surface area contributed by atoms with Crippen LogP contribution in [-0.2, 0) is 20.0 Å². The SMILES string of the molecule is NCCCC1(S(N)(=O)=O)C=CC=C(c2nn[nH]n2)C1S(N)(=O)=O. The van der Waals surface area contributed by atoms with Gasteiger partial charge in [-0.2, -0.15) is 5.21 Å². The zero-order valence-corrected chi connectivity index (χ0v) is 13.6. The highest BCUT2D eigenvalue weighted by Gasteiger charge is 2.54. The number of hydrogen-bond acceptors (Lipinski definition) is 8. The molecule has 0 spiro atoms. The molecule has 0 saturated carbocycles. The van der Waals surface area contributed by atoms with E-state index in [1.165, 1.54) is 18.2 Å². The van der Waals surface area contributed by atoms with Crippen molar-refractivity contribution in [1.29, 1.82) is 0 Å². The maximum Gasteiger partial charge on any atom is 0.220 e. The van der Waals surface area contributed by atoms with Crippen molar-refractivity contribution in [1.82, 2.24) is 20.6 Å². The minimum absolute atomic E-state index is 0.00482. The molecule has 0 saturated heterocycles. The van der Waals surface area contributed by atoms with E-state index < -0.39 is 30.0 Å². The minimum atomic E-state index is -4.36. The Morgan fingerprint density at radius 1 is 1.26 bits per heavy atom. The predicted octanol–water partition coefficient (Wildman–Crippen LogP) is -2.42. The molecule has 0 bridgehead atoms. The van der Waals surface area contributed by atoms with Crippen molar-refractivity contribution in [3.05, 3.63) is 24.1 Å². The number of tetrazole rings is 1. The molecule has 7 N–H and O–H groups in total. The van der Waals surface area contributed by atoms with E-state index in [4.69, 9.17) is 16.0 Å². The van der Waals surface area contributed by atoms with Gasteiger partial charge < -0.3 is 5.73 Å². The van der Waals surface area contributed by atoms with E-state index in [1.807, 2.05) is 0 Å². The van der Waals surface area contributed by atoms with E-state index in [2.05, 4.69) is 20.6 Å². The highest BCUT2D eigenvalue weighted by Crippen LogP contribution is 2.40. The lowest BCUT2D eigenvalue weighted by molar-refractivity contribution is 0.513. The number of nitrogens with one attached hydrogen (secondary N) is 1. The molecule has 0 radical (unpaired) electrons. The lowest BCUT2D eigenvalue weighted by Crippen LogP contribution is -2.57. The van der Waals surface area contributed by atoms with Crippen molar-refractivity contribution >= 4 is 25.6 Å². The molecule has 1 aromatic heterocycles. The summed E-state index contributed by atoms with van der Waals surface area (Å²) in [7, 11) is -8.71. The highest BCUT2D eigenvalue weighted by atomic mass is 32.2. The van der Waals surface area contributed by atoms with Crippen molar-refractivity contribution in [2.24, 2.45) is 16.0 Å². The Hall–Kier alpha value is -1.67. The summed E-state index contributed by atoms with van der Waals surface area (Å²) in [4.78, 5) is 0. The first-order valence-electron chi connectivity index (χ1n) is 6.51. The zero-order valence-electron chi connectivity index (χ0n) is 12.0. The summed E-state index contributed by atoms with van der Waals surface area (Å²) < 4.78 is 46.9. The van der Waals surface area contributed by atoms with Gasteiger partial charge in [-0.3, -0.25) is 0 Å². The van der Waals surface area contributed by atoms with Crippen LogP contribution in [-0.4, -0.2) is 54.0 Å². The molecule has 0 aliphatic heterocycles. The fourth-order valence-corrected chi connectivity index (χ4v) is 5.88. The molecular weight excluding hydrogens is 346 g/mol. The average molecular weight is 363 g/mol. The van der Waals surface area contributed by atoms with Crippen LogP contribution in [0.1, 0.15) is 18.7 Å². The molecule has 13 heteroatoms. The van der Waals surface area contributed by atoms with Crippen LogP contribution in [0.15, 0.2) is 18.2 Å². The number of aromatic nitrogens is 4. The van der Waals surface area contributed by atoms with Crippen LogP contribution in [0.3, 0.4) is 0 Å². The summed E-state index contributed by atoms with van der Waals surface area (Å²) in [5.41, 5.74) is 5.43. The number of sulfonamides is 2. The summed E-state index contributed by atoms with van der Waals surface area (Å²) in [5, 5.41) is 21.9. The van der Waals surface area contributed by atoms with Crippen molar-refractivity contribution in [3.63, 3.8) is 0 Å². The molecule has 0 aromatic carbocycles. The summed E-state index contributed by atoms with van der Waals surface area (Å²) in [6.45, 7) is 0.156. The summed E-state index contributed by atoms with van der Waals surface area (Å²) in [5.74, 6) is -0.0749. The Kier molecular flexibility index (Phi) is 4.68. The smallest absolute Gasteiger partial charge is 0.220 e. The number of H-pyrrole nitrogens is 1. The molecule has 1 aliphatic rings. The van der Waals surface area contributed by atoms with Crippen LogP contribution in [0.25, 0.3) is 5.57 Å². The van der Waals surface area contributed by atoms with E-state index in [0.717, 1.165) is 0 Å². The summed E-state index contributed by atoms with van der Waals surface area (Å²) in [6, 6.07) is 0. The molecule has 2 rings (SSSR count). The Bertz CT molecular complexity index is 829. The highest BCUT2D eigenvalue weighted by molar-refractivity contribution is 7.94. The van der Waals surface area contributed by atoms with Gasteiger partial charge in [0.1, 0.15) is 10.00 Å². The summed E-state index contributed by atoms with van der Waals surface area (Å²) in [6.07, 6.45) is 4.08. The van der Waals surface area contributed by atoms with Gasteiger partial charge in [-0.1, -0.05) is 18.2 Å². The third-order valence-electron chi connectivity index (χ3n) is 3.61. The molecule has 11 nitrogen and oxygen atoms in total. The van der Waals surface area contributed by atoms with Crippen LogP contribution in [0.5, 0.6) is 0 Å². The van der Waals surface area contributed by atoms with Gasteiger partial charge in [-0.15, -0.1) is 10.2 Å². The average Bonchev–Trinajstić information content (AvgIpc) is 2.96. The van der Waals surface area contributed by atoms with Crippen LogP contribution >= 0.6 is 0 Å². The quantitative estimate of drug-likeness (QED) is 0.427. The van der Waals surface area contributed by atoms with Gasteiger partial charge in [-0.25, -0.2) is 27.1 Å². The molecule has 1 aromatic rings. The molecule has 128 valence electrons. The maximum absolute atomic E-state index is 12.3. The number of rotatable bonds is 6. The second kappa shape index (κ2) is 6.09. The zero-order chi connectivity index (χ0) is 17.3. The van der Waals surface area contributed by atoms with E-state index in [0.29, 0.717) is 0 Å². The first-order chi connectivity index (χ1) is 10.6. The molecule has 23 heavy (non-hydrogen) atoms. The first kappa shape index (κ1) is 17.7. The van der Waals surface area contributed by atoms with Gasteiger partial charge in [0.05, 0.1) is 0 Å². The van der Waals surface area contributed by atoms with Gasteiger partial charge in [0.2, 0.25) is 25.9 Å². The number of aromatic amines is 1. The number of nitrogens with two attached hydrogens (primary N) is 3. The Labute approximate surface area is 133 Å². The number of nitrogens with zero attached hydrogens (tertiary/aromatic N) is 3. The second-order valence-corrected chi connectivity index (χ2v) is 8.58. The first-order valence-corrected chi connectivity index (χ1v) is 9.66. The Morgan fingerprint density at radius 2 is 1.96 bits per heavy atom. The molecule has 0 amide bonds. The van der Waals surface area contributed by atoms with Gasteiger partial charge in [0, 0.05) is 5.57 Å². The van der Waals surface area contributed by atoms with Gasteiger partial charge >= 0.3 is 0 Å². The van der Waals surface area contributed by atoms with Gasteiger partial charge in [-0.05, 0) is 24.6 Å². The van der Waals surface area contributed by atoms with Crippen LogP contribution in [0.4, 0.5) is 0 Å². The molecular formula is C10H17N7O4S2. The van der Waals surface area contributed by atoms with Crippen molar-refractivity contribution in [2.45, 2.75) is 22.8 Å². The third kappa shape index (κ3) is 3.18. The van der Waals surface area contributed by atoms with Gasteiger partial charge in [0.25, 0.3) is 0 Å². The lowest BCUT2D eigenvalue weighted by Gasteiger charge is -2.37. The topological polar surface area (TPSA) is 201 Å². The summed E-state index contributed by atoms with van der Waals surface area (Å²) >= 11 is 0. The largest absolute Gasteiger partial charge is 0.330 e.